The second kappa shape index (κ2) is 6.03. The van der Waals surface area contributed by atoms with Gasteiger partial charge in [0.25, 0.3) is 0 Å². The van der Waals surface area contributed by atoms with E-state index in [-0.39, 0.29) is 6.04 Å². The molecule has 72 valence electrons. The van der Waals surface area contributed by atoms with Gasteiger partial charge in [0.15, 0.2) is 0 Å². The van der Waals surface area contributed by atoms with Crippen molar-refractivity contribution < 1.29 is 0 Å². The van der Waals surface area contributed by atoms with Crippen LogP contribution in [0.3, 0.4) is 0 Å². The molecule has 0 spiro atoms. The molecule has 0 aliphatic heterocycles. The SMILES string of the molecule is CCS[CH]([Sn+3])c1ccccc1C(C)N. The quantitative estimate of drug-likeness (QED) is 0.865. The molecule has 0 aliphatic carbocycles. The molecule has 1 nitrogen and oxygen atoms in total. The van der Waals surface area contributed by atoms with Gasteiger partial charge in [0, 0.05) is 0 Å². The molecule has 0 heterocycles. The molecule has 1 aromatic rings. The first kappa shape index (κ1) is 12.4. The summed E-state index contributed by atoms with van der Waals surface area (Å²) in [6.07, 6.45) is 0. The van der Waals surface area contributed by atoms with Crippen molar-refractivity contribution in [2.75, 3.05) is 5.75 Å². The Morgan fingerprint density at radius 3 is 2.43 bits per heavy atom. The summed E-state index contributed by atoms with van der Waals surface area (Å²) in [5, 5.41) is 0. The minimum absolute atomic E-state index is 0.145. The average Bonchev–Trinajstić information content (AvgIpc) is 2.18. The summed E-state index contributed by atoms with van der Waals surface area (Å²) >= 11 is 3.56. The fourth-order valence-corrected chi connectivity index (χ4v) is 4.33. The average molecular weight is 313 g/mol. The summed E-state index contributed by atoms with van der Waals surface area (Å²) in [6, 6.07) is 8.68. The molecule has 0 saturated heterocycles. The van der Waals surface area contributed by atoms with Crippen LogP contribution in [-0.4, -0.2) is 28.3 Å². The second-order valence-corrected chi connectivity index (χ2v) is 7.48. The van der Waals surface area contributed by atoms with Crippen LogP contribution in [0.25, 0.3) is 0 Å². The number of hydrogen-bond acceptors (Lipinski definition) is 2. The summed E-state index contributed by atoms with van der Waals surface area (Å²) in [5.74, 6) is 1.17. The van der Waals surface area contributed by atoms with Gasteiger partial charge in [-0.3, -0.25) is 0 Å². The van der Waals surface area contributed by atoms with Crippen LogP contribution in [0.1, 0.15) is 34.3 Å². The number of rotatable bonds is 4. The zero-order valence-corrected chi connectivity index (χ0v) is 12.3. The molecule has 2 N–H and O–H groups in total. The van der Waals surface area contributed by atoms with Crippen LogP contribution in [0, 0.1) is 0 Å². The van der Waals surface area contributed by atoms with Crippen molar-refractivity contribution in [2.45, 2.75) is 23.2 Å². The van der Waals surface area contributed by atoms with Crippen molar-refractivity contribution in [3.8, 4) is 0 Å². The molecule has 14 heavy (non-hydrogen) atoms. The molecule has 0 fully saturated rings. The van der Waals surface area contributed by atoms with E-state index in [9.17, 15) is 0 Å². The normalized spacial score (nSPS) is 15.2. The van der Waals surface area contributed by atoms with Crippen molar-refractivity contribution in [3.63, 3.8) is 0 Å². The first-order valence-electron chi connectivity index (χ1n) is 4.84. The van der Waals surface area contributed by atoms with Gasteiger partial charge < -0.3 is 0 Å². The van der Waals surface area contributed by atoms with Crippen molar-refractivity contribution >= 4 is 34.3 Å². The number of thioether (sulfide) groups is 1. The third-order valence-electron chi connectivity index (χ3n) is 2.10. The molecule has 2 unspecified atom stereocenters. The van der Waals surface area contributed by atoms with Crippen LogP contribution >= 0.6 is 11.8 Å². The van der Waals surface area contributed by atoms with E-state index in [1.54, 1.807) is 22.5 Å². The molecule has 1 rings (SSSR count). The van der Waals surface area contributed by atoms with Gasteiger partial charge in [0.2, 0.25) is 0 Å². The summed E-state index contributed by atoms with van der Waals surface area (Å²) in [7, 11) is 0. The van der Waals surface area contributed by atoms with E-state index in [4.69, 9.17) is 5.73 Å². The summed E-state index contributed by atoms with van der Waals surface area (Å²) < 4.78 is 0.634. The Labute approximate surface area is 104 Å². The van der Waals surface area contributed by atoms with Crippen LogP contribution < -0.4 is 5.73 Å². The van der Waals surface area contributed by atoms with E-state index >= 15 is 0 Å². The molecule has 0 radical (unpaired) electrons. The number of nitrogens with two attached hydrogens (primary N) is 1. The zero-order chi connectivity index (χ0) is 10.6. The second-order valence-electron chi connectivity index (χ2n) is 3.25. The predicted octanol–water partition coefficient (Wildman–Crippen LogP) is 2.63. The standard InChI is InChI=1S/C11H16NS.Sn/c1-3-13-8-10-6-4-5-7-11(10)9(2)12;/h4-9H,3,12H2,1-2H3;/q;+3. The minimum atomic E-state index is 0.145. The van der Waals surface area contributed by atoms with E-state index in [1.165, 1.54) is 16.9 Å². The van der Waals surface area contributed by atoms with Crippen LogP contribution in [0.4, 0.5) is 0 Å². The molecule has 0 aliphatic rings. The van der Waals surface area contributed by atoms with E-state index in [0.717, 1.165) is 0 Å². The van der Waals surface area contributed by atoms with Gasteiger partial charge in [-0.15, -0.1) is 0 Å². The van der Waals surface area contributed by atoms with E-state index < -0.39 is 0 Å². The third-order valence-corrected chi connectivity index (χ3v) is 5.34. The van der Waals surface area contributed by atoms with Gasteiger partial charge in [-0.25, -0.2) is 0 Å². The van der Waals surface area contributed by atoms with Crippen LogP contribution in [0.15, 0.2) is 24.3 Å². The van der Waals surface area contributed by atoms with Crippen LogP contribution in [0.2, 0.25) is 0 Å². The monoisotopic (exact) mass is 314 g/mol. The van der Waals surface area contributed by atoms with Gasteiger partial charge in [-0.1, -0.05) is 0 Å². The van der Waals surface area contributed by atoms with Gasteiger partial charge in [0.05, 0.1) is 0 Å². The Kier molecular flexibility index (Phi) is 5.34. The van der Waals surface area contributed by atoms with Crippen molar-refractivity contribution in [1.82, 2.24) is 0 Å². The summed E-state index contributed by atoms with van der Waals surface area (Å²) in [6.45, 7) is 4.26. The number of benzene rings is 1. The van der Waals surface area contributed by atoms with Crippen LogP contribution in [0.5, 0.6) is 0 Å². The molecule has 0 amide bonds. The van der Waals surface area contributed by atoms with E-state index in [1.807, 2.05) is 11.8 Å². The van der Waals surface area contributed by atoms with Gasteiger partial charge in [-0.2, -0.15) is 0 Å². The molecule has 1 aromatic carbocycles. The van der Waals surface area contributed by atoms with Gasteiger partial charge in [0.1, 0.15) is 0 Å². The molecule has 0 bridgehead atoms. The zero-order valence-electron chi connectivity index (χ0n) is 8.66. The molecule has 3 heteroatoms. The van der Waals surface area contributed by atoms with E-state index in [0.29, 0.717) is 3.27 Å². The van der Waals surface area contributed by atoms with Crippen molar-refractivity contribution in [1.29, 1.82) is 0 Å². The Morgan fingerprint density at radius 2 is 1.93 bits per heavy atom. The molecular formula is C11H16NSSn+3. The first-order valence-corrected chi connectivity index (χ1v) is 7.53. The van der Waals surface area contributed by atoms with E-state index in [2.05, 4.69) is 38.1 Å². The Hall–Kier alpha value is 0.329. The first-order chi connectivity index (χ1) is 6.66. The fraction of sp³-hybridized carbons (Fsp3) is 0.455. The number of hydrogen-bond donors (Lipinski definition) is 1. The molecule has 2 atom stereocenters. The molecule has 0 aromatic heterocycles. The maximum atomic E-state index is 5.95. The van der Waals surface area contributed by atoms with Gasteiger partial charge >= 0.3 is 104 Å². The molecule has 0 saturated carbocycles. The molecular weight excluding hydrogens is 297 g/mol. The Bertz CT molecular complexity index is 288. The summed E-state index contributed by atoms with van der Waals surface area (Å²) in [4.78, 5) is 0. The maximum absolute atomic E-state index is 5.95. The van der Waals surface area contributed by atoms with Crippen molar-refractivity contribution in [2.24, 2.45) is 5.73 Å². The fourth-order valence-electron chi connectivity index (χ4n) is 1.42. The topological polar surface area (TPSA) is 26.0 Å². The Morgan fingerprint density at radius 1 is 1.36 bits per heavy atom. The summed E-state index contributed by atoms with van der Waals surface area (Å²) in [5.41, 5.74) is 8.67. The third kappa shape index (κ3) is 3.17. The predicted molar refractivity (Wildman–Crippen MR) is 65.7 cm³/mol. The van der Waals surface area contributed by atoms with Crippen molar-refractivity contribution in [3.05, 3.63) is 35.4 Å². The van der Waals surface area contributed by atoms with Gasteiger partial charge in [-0.05, 0) is 0 Å². The Balaban J connectivity index is 2.94. The van der Waals surface area contributed by atoms with Crippen LogP contribution in [-0.2, 0) is 0 Å².